The molecule has 1 aromatic heterocycles. The van der Waals surface area contributed by atoms with Gasteiger partial charge in [0.2, 0.25) is 11.7 Å². The molecule has 0 bridgehead atoms. The van der Waals surface area contributed by atoms with E-state index in [0.29, 0.717) is 0 Å². The molecular weight excluding hydrogens is 175 g/mol. The largest absolute Gasteiger partial charge is 0.411 e. The molecule has 0 fully saturated rings. The lowest BCUT2D eigenvalue weighted by Gasteiger charge is -1.97. The van der Waals surface area contributed by atoms with Crippen molar-refractivity contribution in [3.05, 3.63) is 29.8 Å². The number of carbonyl (C=O) groups is 1. The summed E-state index contributed by atoms with van der Waals surface area (Å²) in [5.74, 6) is -1.26. The second-order valence-corrected chi connectivity index (χ2v) is 2.38. The van der Waals surface area contributed by atoms with Gasteiger partial charge in [0.05, 0.1) is 0 Å². The summed E-state index contributed by atoms with van der Waals surface area (Å²) >= 11 is 0. The minimum absolute atomic E-state index is 0.0920. The first-order chi connectivity index (χ1) is 6.15. The summed E-state index contributed by atoms with van der Waals surface area (Å²) in [6.07, 6.45) is 1.17. The third kappa shape index (κ3) is 2.08. The molecule has 1 heterocycles. The van der Waals surface area contributed by atoms with Crippen LogP contribution in [0, 0.1) is 5.95 Å². The average Bonchev–Trinajstić information content (AvgIpc) is 2.15. The molecule has 0 radical (unpaired) electrons. The fraction of sp³-hybridized carbons (Fsp3) is 0.125. The fourth-order valence-corrected chi connectivity index (χ4v) is 0.798. The molecular formula is C8H7FN2O2. The third-order valence-electron chi connectivity index (χ3n) is 1.47. The van der Waals surface area contributed by atoms with Gasteiger partial charge in [0.1, 0.15) is 5.71 Å². The Morgan fingerprint density at radius 2 is 2.38 bits per heavy atom. The molecule has 0 aliphatic rings. The maximum absolute atomic E-state index is 12.5. The van der Waals surface area contributed by atoms with Crippen LogP contribution in [0.15, 0.2) is 23.5 Å². The summed E-state index contributed by atoms with van der Waals surface area (Å²) in [4.78, 5) is 14.5. The number of pyridine rings is 1. The monoisotopic (exact) mass is 182 g/mol. The van der Waals surface area contributed by atoms with E-state index in [1.165, 1.54) is 19.2 Å². The number of Topliss-reactive ketones (excluding diaryl/α,β-unsaturated/α-hetero) is 1. The number of hydrogen-bond donors (Lipinski definition) is 1. The van der Waals surface area contributed by atoms with Crippen LogP contribution in [0.4, 0.5) is 4.39 Å². The van der Waals surface area contributed by atoms with Gasteiger partial charge >= 0.3 is 0 Å². The zero-order chi connectivity index (χ0) is 9.84. The van der Waals surface area contributed by atoms with Crippen LogP contribution in [0.3, 0.4) is 0 Å². The van der Waals surface area contributed by atoms with Crippen molar-refractivity contribution in [3.63, 3.8) is 0 Å². The van der Waals surface area contributed by atoms with Crippen LogP contribution < -0.4 is 0 Å². The molecule has 13 heavy (non-hydrogen) atoms. The lowest BCUT2D eigenvalue weighted by molar-refractivity contribution is 0.106. The Morgan fingerprint density at radius 3 is 2.92 bits per heavy atom. The van der Waals surface area contributed by atoms with Gasteiger partial charge in [-0.05, 0) is 13.0 Å². The number of nitrogens with zero attached hydrogens (tertiary/aromatic N) is 2. The minimum Gasteiger partial charge on any atom is -0.411 e. The van der Waals surface area contributed by atoms with Crippen LogP contribution in [-0.4, -0.2) is 21.7 Å². The first-order valence-electron chi connectivity index (χ1n) is 3.50. The highest BCUT2D eigenvalue weighted by Gasteiger charge is 2.10. The Hall–Kier alpha value is -1.78. The zero-order valence-corrected chi connectivity index (χ0v) is 6.86. The zero-order valence-electron chi connectivity index (χ0n) is 6.86. The van der Waals surface area contributed by atoms with E-state index in [2.05, 4.69) is 10.1 Å². The highest BCUT2D eigenvalue weighted by Crippen LogP contribution is 2.02. The normalized spacial score (nSPS) is 11.4. The first kappa shape index (κ1) is 9.31. The Balaban J connectivity index is 3.03. The van der Waals surface area contributed by atoms with Crippen LogP contribution in [-0.2, 0) is 0 Å². The lowest BCUT2D eigenvalue weighted by Crippen LogP contribution is -2.10. The number of rotatable bonds is 2. The van der Waals surface area contributed by atoms with E-state index < -0.39 is 11.7 Å². The van der Waals surface area contributed by atoms with Crippen molar-refractivity contribution in [2.75, 3.05) is 0 Å². The Morgan fingerprint density at radius 1 is 1.69 bits per heavy atom. The average molecular weight is 182 g/mol. The molecule has 0 saturated heterocycles. The van der Waals surface area contributed by atoms with Crippen molar-refractivity contribution in [1.29, 1.82) is 0 Å². The molecule has 5 heteroatoms. The van der Waals surface area contributed by atoms with E-state index in [0.717, 1.165) is 6.07 Å². The quantitative estimate of drug-likeness (QED) is 0.246. The smallest absolute Gasteiger partial charge is 0.213 e. The molecule has 0 unspecified atom stereocenters. The predicted molar refractivity (Wildman–Crippen MR) is 43.4 cm³/mol. The highest BCUT2D eigenvalue weighted by atomic mass is 19.1. The van der Waals surface area contributed by atoms with Gasteiger partial charge < -0.3 is 5.21 Å². The number of halogens is 1. The number of oxime groups is 1. The number of ketones is 1. The Kier molecular flexibility index (Phi) is 2.69. The molecule has 0 saturated carbocycles. The first-order valence-corrected chi connectivity index (χ1v) is 3.50. The molecule has 0 aromatic carbocycles. The maximum Gasteiger partial charge on any atom is 0.213 e. The predicted octanol–water partition coefficient (Wildman–Crippen LogP) is 1.25. The minimum atomic E-state index is -0.739. The molecule has 0 atom stereocenters. The Bertz CT molecular complexity index is 363. The summed E-state index contributed by atoms with van der Waals surface area (Å²) in [5.41, 5.74) is 0.0217. The summed E-state index contributed by atoms with van der Waals surface area (Å²) in [6, 6.07) is 2.33. The van der Waals surface area contributed by atoms with Gasteiger partial charge in [0.25, 0.3) is 0 Å². The number of hydrogen-bond acceptors (Lipinski definition) is 4. The van der Waals surface area contributed by atoms with Crippen LogP contribution in [0.1, 0.15) is 17.3 Å². The van der Waals surface area contributed by atoms with E-state index in [1.54, 1.807) is 0 Å². The topological polar surface area (TPSA) is 62.6 Å². The number of aromatic nitrogens is 1. The standard InChI is InChI=1S/C8H7FN2O2/c1-5(11-13)8(12)6-2-3-10-7(9)4-6/h2-4,13H,1H3/b11-5+. The van der Waals surface area contributed by atoms with E-state index in [-0.39, 0.29) is 11.3 Å². The van der Waals surface area contributed by atoms with Crippen molar-refractivity contribution in [1.82, 2.24) is 4.98 Å². The van der Waals surface area contributed by atoms with Crippen LogP contribution in [0.2, 0.25) is 0 Å². The number of carbonyl (C=O) groups excluding carboxylic acids is 1. The second kappa shape index (κ2) is 3.75. The van der Waals surface area contributed by atoms with E-state index in [1.807, 2.05) is 0 Å². The van der Waals surface area contributed by atoms with E-state index >= 15 is 0 Å². The Labute approximate surface area is 73.7 Å². The third-order valence-corrected chi connectivity index (χ3v) is 1.47. The van der Waals surface area contributed by atoms with Crippen molar-refractivity contribution in [2.45, 2.75) is 6.92 Å². The molecule has 0 amide bonds. The van der Waals surface area contributed by atoms with Gasteiger partial charge in [-0.15, -0.1) is 0 Å². The van der Waals surface area contributed by atoms with Crippen molar-refractivity contribution < 1.29 is 14.4 Å². The van der Waals surface area contributed by atoms with Crippen LogP contribution in [0.25, 0.3) is 0 Å². The summed E-state index contributed by atoms with van der Waals surface area (Å²) in [5, 5.41) is 11.0. The maximum atomic E-state index is 12.5. The molecule has 68 valence electrons. The van der Waals surface area contributed by atoms with Crippen molar-refractivity contribution in [3.8, 4) is 0 Å². The van der Waals surface area contributed by atoms with Gasteiger partial charge in [-0.25, -0.2) is 4.98 Å². The molecule has 0 aliphatic heterocycles. The van der Waals surface area contributed by atoms with Crippen LogP contribution in [0.5, 0.6) is 0 Å². The van der Waals surface area contributed by atoms with Gasteiger partial charge in [-0.1, -0.05) is 5.16 Å². The lowest BCUT2D eigenvalue weighted by atomic mass is 10.1. The summed E-state index contributed by atoms with van der Waals surface area (Å²) in [6.45, 7) is 1.33. The SMILES string of the molecule is C/C(=N\O)C(=O)c1ccnc(F)c1. The molecule has 0 aliphatic carbocycles. The van der Waals surface area contributed by atoms with Gasteiger partial charge in [-0.3, -0.25) is 4.79 Å². The molecule has 0 spiro atoms. The molecule has 4 nitrogen and oxygen atoms in total. The highest BCUT2D eigenvalue weighted by molar-refractivity contribution is 6.45. The van der Waals surface area contributed by atoms with Crippen molar-refractivity contribution in [2.24, 2.45) is 5.16 Å². The molecule has 1 aromatic rings. The second-order valence-electron chi connectivity index (χ2n) is 2.38. The van der Waals surface area contributed by atoms with Crippen LogP contribution >= 0.6 is 0 Å². The molecule has 1 N–H and O–H groups in total. The summed E-state index contributed by atoms with van der Waals surface area (Å²) < 4.78 is 12.5. The van der Waals surface area contributed by atoms with E-state index in [4.69, 9.17) is 5.21 Å². The van der Waals surface area contributed by atoms with Gasteiger partial charge in [0, 0.05) is 17.8 Å². The van der Waals surface area contributed by atoms with E-state index in [9.17, 15) is 9.18 Å². The van der Waals surface area contributed by atoms with Crippen molar-refractivity contribution >= 4 is 11.5 Å². The summed E-state index contributed by atoms with van der Waals surface area (Å²) in [7, 11) is 0. The van der Waals surface area contributed by atoms with Gasteiger partial charge in [-0.2, -0.15) is 4.39 Å². The van der Waals surface area contributed by atoms with Gasteiger partial charge in [0.15, 0.2) is 0 Å². The fourth-order valence-electron chi connectivity index (χ4n) is 0.798. The molecule has 1 rings (SSSR count).